The molecule has 6 heterocycles. The fourth-order valence-electron chi connectivity index (χ4n) is 14.0. The third-order valence-electron chi connectivity index (χ3n) is 17.6. The number of halogens is 3. The summed E-state index contributed by atoms with van der Waals surface area (Å²) in [4.78, 5) is 74.9. The highest BCUT2D eigenvalue weighted by atomic mass is 35.5. The van der Waals surface area contributed by atoms with Crippen molar-refractivity contribution in [2.75, 3.05) is 62.6 Å². The van der Waals surface area contributed by atoms with Crippen molar-refractivity contribution in [1.82, 2.24) is 34.9 Å². The van der Waals surface area contributed by atoms with Crippen LogP contribution in [0.2, 0.25) is 10.0 Å². The first-order valence-electron chi connectivity index (χ1n) is 25.7. The van der Waals surface area contributed by atoms with Gasteiger partial charge in [0.25, 0.3) is 0 Å². The number of nitrogens with one attached hydrogen (secondary N) is 4. The van der Waals surface area contributed by atoms with Gasteiger partial charge in [-0.15, -0.1) is 0 Å². The van der Waals surface area contributed by atoms with E-state index in [0.717, 1.165) is 114 Å². The Labute approximate surface area is 418 Å². The number of fused-ring (bicyclic) bond motifs is 4. The molecule has 17 heteroatoms. The average Bonchev–Trinajstić information content (AvgIpc) is 3.91. The molecule has 5 aliphatic heterocycles. The van der Waals surface area contributed by atoms with Gasteiger partial charge in [-0.1, -0.05) is 60.7 Å². The maximum atomic E-state index is 16.4. The summed E-state index contributed by atoms with van der Waals surface area (Å²) in [6, 6.07) is 14.8. The van der Waals surface area contributed by atoms with Gasteiger partial charge in [0.2, 0.25) is 23.6 Å². The van der Waals surface area contributed by atoms with Crippen molar-refractivity contribution in [3.63, 3.8) is 0 Å². The Balaban J connectivity index is 0.675. The van der Waals surface area contributed by atoms with Crippen LogP contribution in [0.3, 0.4) is 0 Å². The molecular weight excluding hydrogens is 933 g/mol. The van der Waals surface area contributed by atoms with Crippen molar-refractivity contribution in [1.29, 1.82) is 0 Å². The minimum atomic E-state index is -1.25. The third-order valence-corrected chi connectivity index (χ3v) is 18.1. The topological polar surface area (TPSA) is 153 Å². The molecule has 1 unspecified atom stereocenters. The first-order valence-corrected chi connectivity index (χ1v) is 26.5. The van der Waals surface area contributed by atoms with E-state index in [2.05, 4.69) is 42.0 Å². The number of hydrogen-bond acceptors (Lipinski definition) is 9. The zero-order chi connectivity index (χ0) is 48.5. The Morgan fingerprint density at radius 1 is 0.786 bits per heavy atom. The molecule has 70 heavy (non-hydrogen) atoms. The van der Waals surface area contributed by atoms with E-state index in [9.17, 15) is 24.0 Å². The van der Waals surface area contributed by atoms with Crippen molar-refractivity contribution in [2.45, 2.75) is 118 Å². The van der Waals surface area contributed by atoms with Crippen LogP contribution >= 0.6 is 23.2 Å². The monoisotopic (exact) mass is 995 g/mol. The highest BCUT2D eigenvalue weighted by Crippen LogP contribution is 2.63. The van der Waals surface area contributed by atoms with E-state index < -0.39 is 40.7 Å². The van der Waals surface area contributed by atoms with Gasteiger partial charge in [0.05, 0.1) is 22.1 Å². The number of aryl methyl sites for hydroxylation is 1. The molecule has 3 aromatic carbocycles. The van der Waals surface area contributed by atoms with E-state index in [1.54, 1.807) is 35.9 Å². The zero-order valence-corrected chi connectivity index (χ0v) is 41.4. The minimum Gasteiger partial charge on any atom is -0.369 e. The van der Waals surface area contributed by atoms with Gasteiger partial charge >= 0.3 is 5.69 Å². The maximum Gasteiger partial charge on any atom is 0.329 e. The van der Waals surface area contributed by atoms with Crippen molar-refractivity contribution in [3.8, 4) is 0 Å². The van der Waals surface area contributed by atoms with Crippen LogP contribution in [-0.2, 0) is 31.6 Å². The van der Waals surface area contributed by atoms with Gasteiger partial charge in [0, 0.05) is 86.6 Å². The second-order valence-electron chi connectivity index (χ2n) is 21.4. The lowest BCUT2D eigenvalue weighted by Crippen LogP contribution is -2.60. The number of anilines is 2. The molecule has 1 aromatic heterocycles. The number of imidazole rings is 1. The lowest BCUT2D eigenvalue weighted by atomic mass is 9.55. The normalized spacial score (nSPS) is 28.7. The quantitative estimate of drug-likeness (QED) is 0.136. The molecule has 4 saturated heterocycles. The van der Waals surface area contributed by atoms with Crippen molar-refractivity contribution in [2.24, 2.45) is 18.9 Å². The summed E-state index contributed by atoms with van der Waals surface area (Å²) in [5.74, 6) is -1.36. The number of piperazine rings is 1. The molecule has 2 aliphatic carbocycles. The number of piperidine rings is 2. The number of benzene rings is 3. The number of amides is 4. The second kappa shape index (κ2) is 19.0. The number of rotatable bonds is 9. The fourth-order valence-corrected chi connectivity index (χ4v) is 14.4. The molecule has 2 saturated carbocycles. The molecule has 4 aromatic rings. The van der Waals surface area contributed by atoms with Crippen LogP contribution in [0.4, 0.5) is 15.8 Å². The van der Waals surface area contributed by atoms with E-state index in [1.165, 1.54) is 23.5 Å². The first-order chi connectivity index (χ1) is 33.8. The highest BCUT2D eigenvalue weighted by molar-refractivity contribution is 6.31. The predicted molar refractivity (Wildman–Crippen MR) is 269 cm³/mol. The molecule has 4 atom stereocenters. The molecule has 0 bridgehead atoms. The van der Waals surface area contributed by atoms with Crippen LogP contribution in [0.25, 0.3) is 11.0 Å². The Kier molecular flexibility index (Phi) is 12.9. The summed E-state index contributed by atoms with van der Waals surface area (Å²) in [7, 11) is 1.74. The van der Waals surface area contributed by atoms with Gasteiger partial charge in [0.1, 0.15) is 17.3 Å². The van der Waals surface area contributed by atoms with Crippen LogP contribution < -0.4 is 31.9 Å². The molecule has 0 radical (unpaired) electrons. The van der Waals surface area contributed by atoms with Crippen LogP contribution in [-0.4, -0.2) is 113 Å². The summed E-state index contributed by atoms with van der Waals surface area (Å²) in [6.45, 7) is 8.12. The summed E-state index contributed by atoms with van der Waals surface area (Å²) in [5, 5.41) is 13.2. The molecule has 7 aliphatic rings. The molecule has 4 amide bonds. The Bertz CT molecular complexity index is 2770. The summed E-state index contributed by atoms with van der Waals surface area (Å²) in [6.07, 6.45) is 10.9. The number of nitrogens with zero attached hydrogens (tertiary/aromatic N) is 5. The molecule has 372 valence electrons. The van der Waals surface area contributed by atoms with E-state index in [0.29, 0.717) is 47.3 Å². The Hall–Kier alpha value is -4.80. The van der Waals surface area contributed by atoms with Crippen molar-refractivity contribution >= 4 is 69.2 Å². The smallest absolute Gasteiger partial charge is 0.329 e. The largest absolute Gasteiger partial charge is 0.369 e. The maximum absolute atomic E-state index is 16.4. The van der Waals surface area contributed by atoms with Gasteiger partial charge in [0.15, 0.2) is 0 Å². The Morgan fingerprint density at radius 3 is 2.23 bits per heavy atom. The molecule has 6 fully saturated rings. The highest BCUT2D eigenvalue weighted by Gasteiger charge is 2.72. The average molecular weight is 997 g/mol. The molecular formula is C53H64Cl2FN9O5. The van der Waals surface area contributed by atoms with E-state index in [-0.39, 0.29) is 46.5 Å². The number of imide groups is 1. The van der Waals surface area contributed by atoms with Gasteiger partial charge in [-0.05, 0) is 130 Å². The lowest BCUT2D eigenvalue weighted by Gasteiger charge is -2.47. The van der Waals surface area contributed by atoms with Crippen LogP contribution in [0, 0.1) is 17.7 Å². The van der Waals surface area contributed by atoms with E-state index in [4.69, 9.17) is 23.2 Å². The number of likely N-dealkylation sites (tertiary alicyclic amines) is 1. The third kappa shape index (κ3) is 8.25. The van der Waals surface area contributed by atoms with Gasteiger partial charge in [-0.25, -0.2) is 9.18 Å². The standard InChI is InChI=1S/C53H64Cl2FN9O5/c1-61-43-29-36(13-15-41(43)65(51(61)70)42-16-17-44(66)59-48(42)67)64-26-24-63(25-27-64)31-33-18-22-62(23-19-33)30-32-8-11-35(12-9-32)57-49(68)47-45(37-6-5-7-39(55)46(37)56)53(52(60-47)20-3-2-4-21-52)38-14-10-34(54)28-40(38)58-50(53)69/h5-7,10,13-15,28-29,32-33,35,42,45,47,60H,2-4,8-9,11-12,16-27,30-31H2,1H3,(H,57,68)(H,58,69)(H,59,66,67)/t32?,35?,42?,45-,47+,53+/m0/s1. The van der Waals surface area contributed by atoms with Gasteiger partial charge < -0.3 is 20.4 Å². The molecule has 11 rings (SSSR count). The molecule has 4 N–H and O–H groups in total. The van der Waals surface area contributed by atoms with E-state index in [1.807, 2.05) is 18.2 Å². The van der Waals surface area contributed by atoms with Gasteiger partial charge in [-0.2, -0.15) is 0 Å². The number of carbonyl (C=O) groups is 4. The predicted octanol–water partition coefficient (Wildman–Crippen LogP) is 6.62. The van der Waals surface area contributed by atoms with Crippen LogP contribution in [0.5, 0.6) is 0 Å². The number of aromatic nitrogens is 2. The minimum absolute atomic E-state index is 0.00689. The molecule has 2 spiro atoms. The van der Waals surface area contributed by atoms with Crippen LogP contribution in [0.1, 0.15) is 107 Å². The summed E-state index contributed by atoms with van der Waals surface area (Å²) < 4.78 is 19.5. The number of carbonyl (C=O) groups excluding carboxylic acids is 4. The second-order valence-corrected chi connectivity index (χ2v) is 22.3. The number of hydrogen-bond donors (Lipinski definition) is 4. The zero-order valence-electron chi connectivity index (χ0n) is 39.9. The van der Waals surface area contributed by atoms with Crippen molar-refractivity contribution < 1.29 is 23.6 Å². The summed E-state index contributed by atoms with van der Waals surface area (Å²) >= 11 is 12.9. The molecule has 14 nitrogen and oxygen atoms in total. The lowest BCUT2D eigenvalue weighted by molar-refractivity contribution is -0.136. The SMILES string of the molecule is Cn1c(=O)n(C2CCC(=O)NC2=O)c2ccc(N3CCN(CC4CCN(CC5CCC(NC(=O)[C@@H]6NC7(CCCCC7)[C@@]7(C(=O)Nc8cc(Cl)ccc87)[C@H]6c6cccc(Cl)c6F)CC5)CC4)CC3)cc21. The van der Waals surface area contributed by atoms with Crippen LogP contribution in [0.15, 0.2) is 59.4 Å². The summed E-state index contributed by atoms with van der Waals surface area (Å²) in [5.41, 5.74) is 1.92. The van der Waals surface area contributed by atoms with E-state index >= 15 is 4.39 Å². The Morgan fingerprint density at radius 2 is 1.50 bits per heavy atom. The van der Waals surface area contributed by atoms with Crippen molar-refractivity contribution in [3.05, 3.63) is 92.1 Å². The van der Waals surface area contributed by atoms with Gasteiger partial charge in [-0.3, -0.25) is 43.8 Å². The fraction of sp³-hybridized carbons (Fsp3) is 0.566. The first kappa shape index (κ1) is 47.5.